The first-order valence-corrected chi connectivity index (χ1v) is 12.9. The number of ether oxygens (including phenoxy) is 1. The maximum Gasteiger partial charge on any atom is 0.263 e. The van der Waals surface area contributed by atoms with Crippen LogP contribution < -0.4 is 0 Å². The summed E-state index contributed by atoms with van der Waals surface area (Å²) in [6.07, 6.45) is 5.94. The second kappa shape index (κ2) is 10.3. The van der Waals surface area contributed by atoms with Gasteiger partial charge in [0.15, 0.2) is 5.60 Å². The Labute approximate surface area is 217 Å². The van der Waals surface area contributed by atoms with Gasteiger partial charge in [0.2, 0.25) is 0 Å². The van der Waals surface area contributed by atoms with E-state index in [1.165, 1.54) is 17.3 Å². The molecule has 1 spiro atoms. The molecule has 188 valence electrons. The Balaban J connectivity index is 1.20. The predicted octanol–water partition coefficient (Wildman–Crippen LogP) is 4.34. The Hall–Kier alpha value is -2.77. The van der Waals surface area contributed by atoms with Gasteiger partial charge in [-0.1, -0.05) is 54.1 Å². The van der Waals surface area contributed by atoms with Crippen LogP contribution in [0.1, 0.15) is 41.5 Å². The third kappa shape index (κ3) is 4.66. The number of carbonyl (C=O) groups excluding carboxylic acids is 1. The largest absolute Gasteiger partial charge is 0.372 e. The topological polar surface area (TPSA) is 65.9 Å². The minimum atomic E-state index is -1.84. The Kier molecular flexibility index (Phi) is 7.13. The second-order valence-corrected chi connectivity index (χ2v) is 10.3. The lowest BCUT2D eigenvalue weighted by molar-refractivity contribution is -0.146. The zero-order valence-corrected chi connectivity index (χ0v) is 21.3. The molecule has 1 atom stereocenters. The van der Waals surface area contributed by atoms with Crippen LogP contribution in [0, 0.1) is 0 Å². The van der Waals surface area contributed by atoms with Gasteiger partial charge in [-0.25, -0.2) is 0 Å². The summed E-state index contributed by atoms with van der Waals surface area (Å²) in [5.74, 6) is -0.383. The fraction of sp³-hybridized carbons (Fsp3) is 0.379. The molecule has 3 aromatic rings. The molecule has 0 bridgehead atoms. The van der Waals surface area contributed by atoms with E-state index in [4.69, 9.17) is 16.3 Å². The number of pyridine rings is 1. The van der Waals surface area contributed by atoms with Crippen molar-refractivity contribution in [3.8, 4) is 0 Å². The summed E-state index contributed by atoms with van der Waals surface area (Å²) < 4.78 is 6.28. The summed E-state index contributed by atoms with van der Waals surface area (Å²) >= 11 is 6.05. The molecule has 6 nitrogen and oxygen atoms in total. The molecule has 0 radical (unpaired) electrons. The number of aliphatic hydroxyl groups is 1. The van der Waals surface area contributed by atoms with Crippen LogP contribution in [0.25, 0.3) is 0 Å². The number of hydrogen-bond donors (Lipinski definition) is 1. The molecular weight excluding hydrogens is 474 g/mol. The van der Waals surface area contributed by atoms with E-state index < -0.39 is 5.60 Å². The van der Waals surface area contributed by atoms with E-state index in [0.717, 1.165) is 38.9 Å². The normalized spacial score (nSPS) is 18.5. The third-order valence-corrected chi connectivity index (χ3v) is 7.89. The molecule has 0 saturated carbocycles. The number of benzene rings is 2. The van der Waals surface area contributed by atoms with Crippen molar-refractivity contribution in [2.24, 2.45) is 0 Å². The zero-order chi connectivity index (χ0) is 25.2. The monoisotopic (exact) mass is 505 g/mol. The SMILES string of the molecule is CN(CCCN1CCC2(CC1)OCc1ccccc12)C(=O)C(O)(c1ccc(Cl)cc1)c1cccnc1. The van der Waals surface area contributed by atoms with Crippen molar-refractivity contribution in [3.05, 3.63) is 100 Å². The van der Waals surface area contributed by atoms with Crippen molar-refractivity contribution in [2.45, 2.75) is 37.1 Å². The van der Waals surface area contributed by atoms with Gasteiger partial charge in [-0.3, -0.25) is 9.78 Å². The van der Waals surface area contributed by atoms with Crippen LogP contribution >= 0.6 is 11.6 Å². The van der Waals surface area contributed by atoms with E-state index in [1.54, 1.807) is 54.5 Å². The van der Waals surface area contributed by atoms with Gasteiger partial charge in [0.05, 0.1) is 12.2 Å². The van der Waals surface area contributed by atoms with Gasteiger partial charge in [0.1, 0.15) is 0 Å². The Morgan fingerprint density at radius 1 is 1.11 bits per heavy atom. The van der Waals surface area contributed by atoms with Gasteiger partial charge < -0.3 is 19.6 Å². The lowest BCUT2D eigenvalue weighted by Gasteiger charge is -2.39. The quantitative estimate of drug-likeness (QED) is 0.517. The van der Waals surface area contributed by atoms with Crippen molar-refractivity contribution in [2.75, 3.05) is 33.2 Å². The average molecular weight is 506 g/mol. The molecule has 5 rings (SSSR count). The highest BCUT2D eigenvalue weighted by Gasteiger charge is 2.43. The number of hydrogen-bond acceptors (Lipinski definition) is 5. The number of likely N-dealkylation sites (tertiary alicyclic amines) is 1. The number of rotatable bonds is 7. The molecule has 1 aromatic heterocycles. The van der Waals surface area contributed by atoms with Crippen LogP contribution in [0.2, 0.25) is 5.02 Å². The number of likely N-dealkylation sites (N-methyl/N-ethyl adjacent to an activating group) is 1. The van der Waals surface area contributed by atoms with Crippen molar-refractivity contribution in [1.29, 1.82) is 0 Å². The van der Waals surface area contributed by atoms with E-state index in [2.05, 4.69) is 34.1 Å². The summed E-state index contributed by atoms with van der Waals surface area (Å²) in [6.45, 7) is 4.07. The number of amides is 1. The molecule has 2 aromatic carbocycles. The van der Waals surface area contributed by atoms with Crippen LogP contribution in [0.3, 0.4) is 0 Å². The van der Waals surface area contributed by atoms with E-state index in [1.807, 2.05) is 0 Å². The minimum Gasteiger partial charge on any atom is -0.372 e. The van der Waals surface area contributed by atoms with Crippen LogP contribution in [0.5, 0.6) is 0 Å². The molecule has 0 aliphatic carbocycles. The number of fused-ring (bicyclic) bond motifs is 2. The van der Waals surface area contributed by atoms with Crippen molar-refractivity contribution >= 4 is 17.5 Å². The highest BCUT2D eigenvalue weighted by molar-refractivity contribution is 6.30. The standard InChI is InChI=1S/C29H32ClN3O3/c1-32(27(34)29(35,24-7-4-15-31-20-24)23-9-11-25(30)12-10-23)16-5-17-33-18-13-28(14-19-33)26-8-3-2-6-22(26)21-36-28/h2-4,6-12,15,20,35H,5,13-14,16-19,21H2,1H3. The fourth-order valence-corrected chi connectivity index (χ4v) is 5.65. The number of carbonyl (C=O) groups is 1. The lowest BCUT2D eigenvalue weighted by atomic mass is 9.84. The van der Waals surface area contributed by atoms with Crippen molar-refractivity contribution in [3.63, 3.8) is 0 Å². The Bertz CT molecular complexity index is 1200. The van der Waals surface area contributed by atoms with Gasteiger partial charge >= 0.3 is 0 Å². The maximum absolute atomic E-state index is 13.6. The number of nitrogens with zero attached hydrogens (tertiary/aromatic N) is 3. The van der Waals surface area contributed by atoms with Gasteiger partial charge in [0.25, 0.3) is 5.91 Å². The summed E-state index contributed by atoms with van der Waals surface area (Å²) in [5.41, 5.74) is 1.59. The highest BCUT2D eigenvalue weighted by atomic mass is 35.5. The van der Waals surface area contributed by atoms with Gasteiger partial charge in [-0.2, -0.15) is 0 Å². The lowest BCUT2D eigenvalue weighted by Crippen LogP contribution is -2.47. The van der Waals surface area contributed by atoms with Gasteiger partial charge in [0, 0.05) is 49.7 Å². The number of aromatic nitrogens is 1. The maximum atomic E-state index is 13.6. The molecule has 1 fully saturated rings. The zero-order valence-electron chi connectivity index (χ0n) is 20.6. The van der Waals surface area contributed by atoms with Crippen LogP contribution in [-0.4, -0.2) is 59.0 Å². The fourth-order valence-electron chi connectivity index (χ4n) is 5.53. The molecule has 1 N–H and O–H groups in total. The molecule has 1 unspecified atom stereocenters. The molecule has 2 aliphatic rings. The minimum absolute atomic E-state index is 0.140. The molecule has 7 heteroatoms. The predicted molar refractivity (Wildman–Crippen MR) is 140 cm³/mol. The molecule has 36 heavy (non-hydrogen) atoms. The Morgan fingerprint density at radius 3 is 2.58 bits per heavy atom. The first kappa shape index (κ1) is 24.9. The van der Waals surface area contributed by atoms with Crippen molar-refractivity contribution < 1.29 is 14.6 Å². The number of piperidine rings is 1. The van der Waals surface area contributed by atoms with Gasteiger partial charge in [-0.15, -0.1) is 0 Å². The number of halogens is 1. The Morgan fingerprint density at radius 2 is 1.86 bits per heavy atom. The van der Waals surface area contributed by atoms with Crippen LogP contribution in [-0.2, 0) is 27.3 Å². The van der Waals surface area contributed by atoms with E-state index in [-0.39, 0.29) is 11.5 Å². The summed E-state index contributed by atoms with van der Waals surface area (Å²) in [5, 5.41) is 12.3. The van der Waals surface area contributed by atoms with Crippen LogP contribution in [0.15, 0.2) is 73.1 Å². The summed E-state index contributed by atoms with van der Waals surface area (Å²) in [4.78, 5) is 21.8. The second-order valence-electron chi connectivity index (χ2n) is 9.82. The molecule has 1 saturated heterocycles. The first-order valence-electron chi connectivity index (χ1n) is 12.5. The molecular formula is C29H32ClN3O3. The smallest absolute Gasteiger partial charge is 0.263 e. The summed E-state index contributed by atoms with van der Waals surface area (Å²) in [6, 6.07) is 18.7. The molecule has 1 amide bonds. The molecule has 2 aliphatic heterocycles. The molecule has 3 heterocycles. The van der Waals surface area contributed by atoms with Crippen molar-refractivity contribution in [1.82, 2.24) is 14.8 Å². The van der Waals surface area contributed by atoms with Gasteiger partial charge in [-0.05, 0) is 60.7 Å². The van der Waals surface area contributed by atoms with Crippen LogP contribution in [0.4, 0.5) is 0 Å². The van der Waals surface area contributed by atoms with E-state index in [9.17, 15) is 9.90 Å². The van der Waals surface area contributed by atoms with E-state index >= 15 is 0 Å². The first-order chi connectivity index (χ1) is 17.4. The highest BCUT2D eigenvalue weighted by Crippen LogP contribution is 2.44. The summed E-state index contributed by atoms with van der Waals surface area (Å²) in [7, 11) is 1.74. The average Bonchev–Trinajstić information content (AvgIpc) is 3.28. The van der Waals surface area contributed by atoms with E-state index in [0.29, 0.717) is 29.3 Å². The third-order valence-electron chi connectivity index (χ3n) is 7.64.